The quantitative estimate of drug-likeness (QED) is 0.346. The number of ether oxygens (including phenoxy) is 3. The van der Waals surface area contributed by atoms with Crippen LogP contribution in [0.15, 0.2) is 59.5 Å². The maximum Gasteiger partial charge on any atom is 0.407 e. The second-order valence-electron chi connectivity index (χ2n) is 13.2. The van der Waals surface area contributed by atoms with Gasteiger partial charge in [-0.2, -0.15) is 4.31 Å². The molecular formula is C33H45N3O6S. The predicted octanol–water partition coefficient (Wildman–Crippen LogP) is 4.42. The molecule has 2 heterocycles. The summed E-state index contributed by atoms with van der Waals surface area (Å²) in [6.45, 7) is 5.24. The predicted molar refractivity (Wildman–Crippen MR) is 163 cm³/mol. The molecule has 0 radical (unpaired) electrons. The summed E-state index contributed by atoms with van der Waals surface area (Å²) >= 11 is 0. The van der Waals surface area contributed by atoms with Gasteiger partial charge in [-0.15, -0.1) is 0 Å². The molecular weight excluding hydrogens is 566 g/mol. The number of carbonyl (C=O) groups is 1. The van der Waals surface area contributed by atoms with Gasteiger partial charge in [0.1, 0.15) is 6.10 Å². The first-order valence-electron chi connectivity index (χ1n) is 15.7. The highest BCUT2D eigenvalue weighted by Crippen LogP contribution is 2.47. The maximum atomic E-state index is 13.9. The van der Waals surface area contributed by atoms with Crippen LogP contribution in [0.1, 0.15) is 57.1 Å². The minimum atomic E-state index is -3.74. The second-order valence-corrected chi connectivity index (χ2v) is 15.1. The molecule has 9 nitrogen and oxygen atoms in total. The van der Waals surface area contributed by atoms with Gasteiger partial charge in [-0.1, -0.05) is 56.3 Å². The lowest BCUT2D eigenvalue weighted by atomic mass is 9.78. The molecule has 2 saturated heterocycles. The van der Waals surface area contributed by atoms with Crippen LogP contribution < -0.4 is 10.6 Å². The molecule has 2 aromatic carbocycles. The first-order valence-corrected chi connectivity index (χ1v) is 17.2. The summed E-state index contributed by atoms with van der Waals surface area (Å²) in [6, 6.07) is 16.9. The van der Waals surface area contributed by atoms with Crippen molar-refractivity contribution >= 4 is 16.1 Å². The number of hydrogen-bond acceptors (Lipinski definition) is 7. The SMILES string of the molecule is CNC1(c2ccc(S(=O)(=O)N(CC[C@H](Cc3ccccc3)NC(=O)OC3C4COC5OC3CC5C4)CC(C)C)cc2)CC1. The van der Waals surface area contributed by atoms with E-state index < -0.39 is 16.1 Å². The Morgan fingerprint density at radius 3 is 2.49 bits per heavy atom. The highest BCUT2D eigenvalue weighted by atomic mass is 32.2. The summed E-state index contributed by atoms with van der Waals surface area (Å²) in [5.74, 6) is 0.667. The van der Waals surface area contributed by atoms with Crippen LogP contribution in [0.2, 0.25) is 0 Å². The van der Waals surface area contributed by atoms with Gasteiger partial charge in [-0.3, -0.25) is 0 Å². The molecule has 4 fully saturated rings. The molecule has 6 atom stereocenters. The Bertz CT molecular complexity index is 1360. The van der Waals surface area contributed by atoms with Gasteiger partial charge in [-0.25, -0.2) is 13.2 Å². The minimum absolute atomic E-state index is 0.0272. The highest BCUT2D eigenvalue weighted by Gasteiger charge is 2.53. The molecule has 2 aliphatic carbocycles. The molecule has 1 amide bonds. The van der Waals surface area contributed by atoms with Crippen LogP contribution in [0.25, 0.3) is 0 Å². The number of hydrogen-bond donors (Lipinski definition) is 2. The van der Waals surface area contributed by atoms with Gasteiger partial charge in [0.25, 0.3) is 0 Å². The van der Waals surface area contributed by atoms with Crippen molar-refractivity contribution in [2.75, 3.05) is 26.7 Å². The fraction of sp³-hybridized carbons (Fsp3) is 0.606. The number of sulfonamides is 1. The first kappa shape index (κ1) is 30.5. The molecule has 2 N–H and O–H groups in total. The summed E-state index contributed by atoms with van der Waals surface area (Å²) in [6.07, 6.45) is 3.79. The van der Waals surface area contributed by atoms with Crippen LogP contribution in [-0.4, -0.2) is 70.1 Å². The summed E-state index contributed by atoms with van der Waals surface area (Å²) < 4.78 is 47.2. The standard InChI is InChI=1S/C33H45N3O6S/c1-22(2)20-36(43(38,39)28-11-9-26(10-12-28)33(34-3)14-15-33)16-13-27(17-23-7-5-4-6-8-23)35-32(37)42-30-25-18-24-19-29(30)41-31(24)40-21-25/h4-12,22,24-25,27,29-31,34H,13-21H2,1-3H3,(H,35,37)/t24?,25?,27-,29?,30?,31?/m1/s1. The van der Waals surface area contributed by atoms with Crippen LogP contribution in [0.4, 0.5) is 4.79 Å². The molecule has 2 saturated carbocycles. The molecule has 0 spiro atoms. The molecule has 3 bridgehead atoms. The average Bonchev–Trinajstić information content (AvgIpc) is 3.74. The lowest BCUT2D eigenvalue weighted by molar-refractivity contribution is -0.153. The van der Waals surface area contributed by atoms with E-state index in [9.17, 15) is 13.2 Å². The molecule has 10 heteroatoms. The molecule has 6 rings (SSSR count). The number of rotatable bonds is 13. The topological polar surface area (TPSA) is 106 Å². The largest absolute Gasteiger partial charge is 0.443 e. The van der Waals surface area contributed by atoms with Crippen molar-refractivity contribution in [1.82, 2.24) is 14.9 Å². The summed E-state index contributed by atoms with van der Waals surface area (Å²) in [4.78, 5) is 13.6. The number of nitrogens with zero attached hydrogens (tertiary/aromatic N) is 1. The van der Waals surface area contributed by atoms with Gasteiger partial charge in [0.15, 0.2) is 6.29 Å². The Kier molecular flexibility index (Phi) is 8.86. The average molecular weight is 612 g/mol. The van der Waals surface area contributed by atoms with E-state index in [0.29, 0.717) is 36.8 Å². The minimum Gasteiger partial charge on any atom is -0.443 e. The van der Waals surface area contributed by atoms with E-state index >= 15 is 0 Å². The van der Waals surface area contributed by atoms with Crippen LogP contribution in [0.5, 0.6) is 0 Å². The lowest BCUT2D eigenvalue weighted by Gasteiger charge is -2.36. The molecule has 0 aromatic heterocycles. The number of carbonyl (C=O) groups excluding carboxylic acids is 1. The molecule has 234 valence electrons. The molecule has 2 aliphatic heterocycles. The van der Waals surface area contributed by atoms with Crippen LogP contribution in [0, 0.1) is 17.8 Å². The van der Waals surface area contributed by atoms with Crippen LogP contribution in [0.3, 0.4) is 0 Å². The molecule has 5 unspecified atom stereocenters. The number of amides is 1. The smallest absolute Gasteiger partial charge is 0.407 e. The number of benzene rings is 2. The van der Waals surface area contributed by atoms with E-state index in [1.54, 1.807) is 16.4 Å². The Hall–Kier alpha value is -2.50. The third-order valence-electron chi connectivity index (χ3n) is 9.60. The maximum absolute atomic E-state index is 13.9. The normalized spacial score (nSPS) is 27.8. The van der Waals surface area contributed by atoms with E-state index in [1.807, 2.05) is 63.4 Å². The van der Waals surface area contributed by atoms with E-state index in [2.05, 4.69) is 10.6 Å². The van der Waals surface area contributed by atoms with E-state index in [4.69, 9.17) is 14.2 Å². The van der Waals surface area contributed by atoms with Gasteiger partial charge in [0, 0.05) is 36.5 Å². The third-order valence-corrected chi connectivity index (χ3v) is 11.5. The van der Waals surface area contributed by atoms with Crippen molar-refractivity contribution in [1.29, 1.82) is 0 Å². The monoisotopic (exact) mass is 611 g/mol. The van der Waals surface area contributed by atoms with Crippen LogP contribution >= 0.6 is 0 Å². The van der Waals surface area contributed by atoms with Gasteiger partial charge >= 0.3 is 6.09 Å². The van der Waals surface area contributed by atoms with E-state index in [0.717, 1.165) is 36.8 Å². The number of fused-ring (bicyclic) bond motifs is 2. The number of nitrogens with one attached hydrogen (secondary N) is 2. The molecule has 43 heavy (non-hydrogen) atoms. The van der Waals surface area contributed by atoms with Gasteiger partial charge in [0.05, 0.1) is 17.6 Å². The summed E-state index contributed by atoms with van der Waals surface area (Å²) in [5.41, 5.74) is 2.15. The first-order chi connectivity index (χ1) is 20.7. The van der Waals surface area contributed by atoms with Crippen molar-refractivity contribution in [2.45, 2.75) is 87.3 Å². The third kappa shape index (κ3) is 6.63. The van der Waals surface area contributed by atoms with Crippen molar-refractivity contribution in [3.05, 3.63) is 65.7 Å². The van der Waals surface area contributed by atoms with Gasteiger partial charge < -0.3 is 24.8 Å². The van der Waals surface area contributed by atoms with Crippen molar-refractivity contribution < 1.29 is 27.4 Å². The zero-order valence-corrected chi connectivity index (χ0v) is 26.2. The van der Waals surface area contributed by atoms with E-state index in [1.165, 1.54) is 0 Å². The summed E-state index contributed by atoms with van der Waals surface area (Å²) in [7, 11) is -1.79. The fourth-order valence-corrected chi connectivity index (χ4v) is 8.71. The van der Waals surface area contributed by atoms with Crippen molar-refractivity contribution in [3.63, 3.8) is 0 Å². The van der Waals surface area contributed by atoms with Crippen LogP contribution in [-0.2, 0) is 36.2 Å². The van der Waals surface area contributed by atoms with Crippen molar-refractivity contribution in [3.8, 4) is 0 Å². The zero-order valence-electron chi connectivity index (χ0n) is 25.4. The molecule has 2 aromatic rings. The van der Waals surface area contributed by atoms with Gasteiger partial charge in [-0.05, 0) is 74.8 Å². The van der Waals surface area contributed by atoms with Crippen molar-refractivity contribution in [2.24, 2.45) is 17.8 Å². The Labute approximate surface area is 255 Å². The number of alkyl carbamates (subject to hydrolysis) is 1. The lowest BCUT2D eigenvalue weighted by Crippen LogP contribution is -2.48. The van der Waals surface area contributed by atoms with E-state index in [-0.39, 0.29) is 48.5 Å². The Morgan fingerprint density at radius 1 is 1.07 bits per heavy atom. The van der Waals surface area contributed by atoms with Gasteiger partial charge in [0.2, 0.25) is 10.0 Å². The highest BCUT2D eigenvalue weighted by molar-refractivity contribution is 7.89. The Balaban J connectivity index is 1.15. The zero-order chi connectivity index (χ0) is 30.2. The fourth-order valence-electron chi connectivity index (χ4n) is 7.09. The summed E-state index contributed by atoms with van der Waals surface area (Å²) in [5, 5.41) is 6.45. The second kappa shape index (κ2) is 12.5. The molecule has 4 aliphatic rings. The Morgan fingerprint density at radius 2 is 1.81 bits per heavy atom.